The van der Waals surface area contributed by atoms with Gasteiger partial charge in [-0.25, -0.2) is 14.4 Å². The van der Waals surface area contributed by atoms with E-state index in [-0.39, 0.29) is 5.69 Å². The Morgan fingerprint density at radius 3 is 2.24 bits per heavy atom. The first kappa shape index (κ1) is 26.5. The summed E-state index contributed by atoms with van der Waals surface area (Å²) in [4.78, 5) is 40.2. The van der Waals surface area contributed by atoms with Crippen LogP contribution in [0.15, 0.2) is 78.3 Å². The Labute approximate surface area is 219 Å². The minimum Gasteiger partial charge on any atom is -0.478 e. The lowest BCUT2D eigenvalue weighted by Gasteiger charge is -2.36. The smallest absolute Gasteiger partial charge is 0.333 e. The van der Waals surface area contributed by atoms with Crippen molar-refractivity contribution in [3.05, 3.63) is 83.9 Å². The third-order valence-corrected chi connectivity index (χ3v) is 6.50. The normalized spacial score (nSPS) is 14.1. The van der Waals surface area contributed by atoms with E-state index in [1.54, 1.807) is 4.57 Å². The van der Waals surface area contributed by atoms with Crippen molar-refractivity contribution in [2.45, 2.75) is 13.5 Å². The van der Waals surface area contributed by atoms with Gasteiger partial charge in [-0.05, 0) is 43.3 Å². The molecule has 4 aromatic rings. The number of piperazine rings is 1. The highest BCUT2D eigenvalue weighted by Gasteiger charge is 2.19. The molecule has 1 saturated heterocycles. The molecule has 0 saturated carbocycles. The molecule has 1 fully saturated rings. The summed E-state index contributed by atoms with van der Waals surface area (Å²) in [5.41, 5.74) is 5.12. The number of allylic oxidation sites excluding steroid dienone is 1. The van der Waals surface area contributed by atoms with Gasteiger partial charge in [0, 0.05) is 79.9 Å². The molecule has 2 aromatic heterocycles. The number of imidazole rings is 1. The first-order valence-corrected chi connectivity index (χ1v) is 12.3. The summed E-state index contributed by atoms with van der Waals surface area (Å²) in [6, 6.07) is 16.7. The van der Waals surface area contributed by atoms with Crippen LogP contribution >= 0.6 is 0 Å². The van der Waals surface area contributed by atoms with Crippen LogP contribution < -0.4 is 10.6 Å². The van der Waals surface area contributed by atoms with E-state index in [0.717, 1.165) is 49.5 Å². The summed E-state index contributed by atoms with van der Waals surface area (Å²) >= 11 is 0. The van der Waals surface area contributed by atoms with E-state index in [4.69, 9.17) is 10.2 Å². The second kappa shape index (κ2) is 11.7. The Kier molecular flexibility index (Phi) is 8.12. The second-order valence-electron chi connectivity index (χ2n) is 9.08. The number of nitrogens with one attached hydrogen (secondary N) is 1. The molecule has 38 heavy (non-hydrogen) atoms. The SMILES string of the molecule is C=C(C)n1c(=O)n(CCN2CCN(c3ccc4[nH]ccc4c3)CC2)c2ccccc21.O=C(O)/C=C/C(=O)O. The quantitative estimate of drug-likeness (QED) is 0.321. The number of anilines is 1. The number of hydrogen-bond donors (Lipinski definition) is 3. The lowest BCUT2D eigenvalue weighted by molar-refractivity contribution is -0.134. The Morgan fingerprint density at radius 1 is 0.947 bits per heavy atom. The first-order chi connectivity index (χ1) is 18.2. The second-order valence-corrected chi connectivity index (χ2v) is 9.08. The number of hydrogen-bond acceptors (Lipinski definition) is 5. The molecule has 198 valence electrons. The van der Waals surface area contributed by atoms with Crippen LogP contribution in [0.3, 0.4) is 0 Å². The van der Waals surface area contributed by atoms with Crippen LogP contribution in [0.1, 0.15) is 6.92 Å². The molecule has 0 aliphatic carbocycles. The minimum atomic E-state index is -1.26. The van der Waals surface area contributed by atoms with Gasteiger partial charge in [0.05, 0.1) is 11.0 Å². The van der Waals surface area contributed by atoms with E-state index >= 15 is 0 Å². The van der Waals surface area contributed by atoms with Crippen molar-refractivity contribution in [1.29, 1.82) is 0 Å². The van der Waals surface area contributed by atoms with E-state index in [1.807, 2.05) is 42.0 Å². The van der Waals surface area contributed by atoms with Crippen LogP contribution in [-0.4, -0.2) is 73.9 Å². The fourth-order valence-corrected chi connectivity index (χ4v) is 4.64. The summed E-state index contributed by atoms with van der Waals surface area (Å²) in [5, 5.41) is 16.9. The Hall–Kier alpha value is -4.57. The molecule has 1 aliphatic rings. The maximum absolute atomic E-state index is 13.0. The molecule has 3 heterocycles. The number of aromatic nitrogens is 3. The zero-order valence-electron chi connectivity index (χ0n) is 21.2. The fourth-order valence-electron chi connectivity index (χ4n) is 4.64. The predicted molar refractivity (Wildman–Crippen MR) is 149 cm³/mol. The molecule has 0 amide bonds. The molecule has 0 bridgehead atoms. The molecule has 10 heteroatoms. The summed E-state index contributed by atoms with van der Waals surface area (Å²) in [6.45, 7) is 11.4. The van der Waals surface area contributed by atoms with E-state index in [9.17, 15) is 14.4 Å². The molecule has 3 N–H and O–H groups in total. The zero-order valence-corrected chi connectivity index (χ0v) is 21.2. The number of carbonyl (C=O) groups is 2. The van der Waals surface area contributed by atoms with Gasteiger partial charge in [-0.1, -0.05) is 18.7 Å². The van der Waals surface area contributed by atoms with Crippen molar-refractivity contribution < 1.29 is 19.8 Å². The summed E-state index contributed by atoms with van der Waals surface area (Å²) in [6.07, 6.45) is 3.10. The zero-order chi connectivity index (χ0) is 27.2. The number of fused-ring (bicyclic) bond motifs is 2. The first-order valence-electron chi connectivity index (χ1n) is 12.3. The topological polar surface area (TPSA) is 124 Å². The van der Waals surface area contributed by atoms with Gasteiger partial charge in [0.2, 0.25) is 0 Å². The van der Waals surface area contributed by atoms with Crippen LogP contribution in [0.5, 0.6) is 0 Å². The predicted octanol–water partition coefficient (Wildman–Crippen LogP) is 3.31. The van der Waals surface area contributed by atoms with E-state index in [0.29, 0.717) is 18.7 Å². The number of H-pyrrole nitrogens is 1. The lowest BCUT2D eigenvalue weighted by Crippen LogP contribution is -2.47. The standard InChI is InChI=1S/C24H27N5O.C4H4O4/c1-18(2)29-23-6-4-3-5-22(23)28(24(29)30)16-13-26-11-14-27(15-12-26)20-7-8-21-19(17-20)9-10-25-21;5-3(6)1-2-4(7)8/h3-10,17,25H,1,11-16H2,2H3;1-2H,(H,5,6)(H,7,8)/b;2-1+. The molecular formula is C28H31N5O5. The minimum absolute atomic E-state index is 0.00198. The van der Waals surface area contributed by atoms with E-state index in [1.165, 1.54) is 16.6 Å². The highest BCUT2D eigenvalue weighted by atomic mass is 16.4. The van der Waals surface area contributed by atoms with Crippen LogP contribution in [0.25, 0.3) is 27.6 Å². The summed E-state index contributed by atoms with van der Waals surface area (Å²) in [7, 11) is 0. The van der Waals surface area contributed by atoms with Crippen LogP contribution in [0.2, 0.25) is 0 Å². The number of para-hydroxylation sites is 2. The van der Waals surface area contributed by atoms with Crippen LogP contribution in [0.4, 0.5) is 5.69 Å². The third kappa shape index (κ3) is 6.04. The number of rotatable bonds is 7. The molecule has 5 rings (SSSR count). The van der Waals surface area contributed by atoms with Gasteiger partial charge in [0.15, 0.2) is 0 Å². The van der Waals surface area contributed by atoms with Crippen molar-refractivity contribution in [3.63, 3.8) is 0 Å². The average molecular weight is 518 g/mol. The molecule has 1 aliphatic heterocycles. The van der Waals surface area contributed by atoms with Crippen LogP contribution in [0, 0.1) is 0 Å². The van der Waals surface area contributed by atoms with Crippen LogP contribution in [-0.2, 0) is 16.1 Å². The van der Waals surface area contributed by atoms with Crippen molar-refractivity contribution in [1.82, 2.24) is 19.0 Å². The average Bonchev–Trinajstić information content (AvgIpc) is 3.48. The maximum atomic E-state index is 13.0. The maximum Gasteiger partial charge on any atom is 0.333 e. The molecule has 0 radical (unpaired) electrons. The lowest BCUT2D eigenvalue weighted by atomic mass is 10.2. The molecule has 0 unspecified atom stereocenters. The molecule has 0 spiro atoms. The fraction of sp³-hybridized carbons (Fsp3) is 0.250. The van der Waals surface area contributed by atoms with Gasteiger partial charge in [-0.15, -0.1) is 0 Å². The van der Waals surface area contributed by atoms with Gasteiger partial charge < -0.3 is 20.1 Å². The van der Waals surface area contributed by atoms with Gasteiger partial charge in [-0.2, -0.15) is 0 Å². The number of carboxylic acids is 2. The molecule has 0 atom stereocenters. The Morgan fingerprint density at radius 2 is 1.61 bits per heavy atom. The van der Waals surface area contributed by atoms with Gasteiger partial charge in [0.1, 0.15) is 0 Å². The highest BCUT2D eigenvalue weighted by Crippen LogP contribution is 2.22. The van der Waals surface area contributed by atoms with Gasteiger partial charge in [-0.3, -0.25) is 14.0 Å². The summed E-state index contributed by atoms with van der Waals surface area (Å²) < 4.78 is 3.60. The molecule has 2 aromatic carbocycles. The monoisotopic (exact) mass is 517 g/mol. The number of benzene rings is 2. The largest absolute Gasteiger partial charge is 0.478 e. The Balaban J connectivity index is 0.000000368. The summed E-state index contributed by atoms with van der Waals surface area (Å²) in [5.74, 6) is -2.51. The van der Waals surface area contributed by atoms with Crippen molar-refractivity contribution in [2.75, 3.05) is 37.6 Å². The molecular weight excluding hydrogens is 486 g/mol. The van der Waals surface area contributed by atoms with Crippen molar-refractivity contribution in [3.8, 4) is 0 Å². The number of nitrogens with zero attached hydrogens (tertiary/aromatic N) is 4. The van der Waals surface area contributed by atoms with E-state index in [2.05, 4.69) is 45.6 Å². The number of aliphatic carboxylic acids is 2. The van der Waals surface area contributed by atoms with Gasteiger partial charge >= 0.3 is 17.6 Å². The number of carboxylic acid groups (broad SMARTS) is 2. The highest BCUT2D eigenvalue weighted by molar-refractivity contribution is 5.89. The van der Waals surface area contributed by atoms with Gasteiger partial charge in [0.25, 0.3) is 0 Å². The number of aromatic amines is 1. The Bertz CT molecular complexity index is 1540. The molecule has 10 nitrogen and oxygen atoms in total. The van der Waals surface area contributed by atoms with Crippen molar-refractivity contribution >= 4 is 45.3 Å². The van der Waals surface area contributed by atoms with Crippen molar-refractivity contribution in [2.24, 2.45) is 0 Å². The third-order valence-electron chi connectivity index (χ3n) is 6.50. The van der Waals surface area contributed by atoms with E-state index < -0.39 is 11.9 Å².